The maximum absolute atomic E-state index is 12.7. The van der Waals surface area contributed by atoms with E-state index < -0.39 is 18.9 Å². The van der Waals surface area contributed by atoms with Gasteiger partial charge in [-0.1, -0.05) is 6.92 Å². The van der Waals surface area contributed by atoms with Gasteiger partial charge < -0.3 is 19.3 Å². The molecule has 1 atom stereocenters. The maximum atomic E-state index is 12.7. The van der Waals surface area contributed by atoms with Crippen molar-refractivity contribution in [1.82, 2.24) is 15.0 Å². The molecule has 2 aromatic heterocycles. The third-order valence-electron chi connectivity index (χ3n) is 4.81. The molecule has 8 nitrogen and oxygen atoms in total. The predicted octanol–water partition coefficient (Wildman–Crippen LogP) is 2.45. The van der Waals surface area contributed by atoms with Crippen molar-refractivity contribution >= 4 is 17.5 Å². The zero-order chi connectivity index (χ0) is 21.3. The Balaban J connectivity index is 1.33. The molecule has 0 spiro atoms. The van der Waals surface area contributed by atoms with Crippen LogP contribution < -0.4 is 19.3 Å². The number of rotatable bonds is 6. The quantitative estimate of drug-likeness (QED) is 0.706. The molecule has 0 radical (unpaired) electrons. The van der Waals surface area contributed by atoms with Crippen LogP contribution in [0, 0.1) is 5.92 Å². The summed E-state index contributed by atoms with van der Waals surface area (Å²) in [5, 5.41) is 0. The van der Waals surface area contributed by atoms with Crippen LogP contribution in [0.25, 0.3) is 0 Å². The molecule has 0 bridgehead atoms. The van der Waals surface area contributed by atoms with Crippen molar-refractivity contribution in [2.75, 3.05) is 36.0 Å². The monoisotopic (exact) mass is 423 g/mol. The van der Waals surface area contributed by atoms with Gasteiger partial charge >= 0.3 is 6.18 Å². The minimum Gasteiger partial charge on any atom is -0.479 e. The van der Waals surface area contributed by atoms with Gasteiger partial charge in [-0.15, -0.1) is 0 Å². The van der Waals surface area contributed by atoms with E-state index in [-0.39, 0.29) is 17.5 Å². The SMILES string of the molecule is CC1CN(c2ncc(N3CC[C@@H](Oc4ccc(OCC(F)(F)F)nc4)C3=O)cn2)C1. The minimum absolute atomic E-state index is 0.173. The molecule has 2 saturated heterocycles. The lowest BCUT2D eigenvalue weighted by Gasteiger charge is -2.37. The van der Waals surface area contributed by atoms with Gasteiger partial charge in [-0.25, -0.2) is 15.0 Å². The summed E-state index contributed by atoms with van der Waals surface area (Å²) >= 11 is 0. The third kappa shape index (κ3) is 4.55. The highest BCUT2D eigenvalue weighted by Crippen LogP contribution is 2.26. The number of carbonyl (C=O) groups is 1. The molecule has 2 aromatic rings. The van der Waals surface area contributed by atoms with Crippen LogP contribution in [0.1, 0.15) is 13.3 Å². The molecule has 0 aliphatic carbocycles. The van der Waals surface area contributed by atoms with Crippen LogP contribution in [0.2, 0.25) is 0 Å². The van der Waals surface area contributed by atoms with E-state index in [2.05, 4.69) is 31.5 Å². The molecule has 1 amide bonds. The van der Waals surface area contributed by atoms with Crippen molar-refractivity contribution in [2.45, 2.75) is 25.6 Å². The molecule has 0 aromatic carbocycles. The summed E-state index contributed by atoms with van der Waals surface area (Å²) in [6.45, 7) is 3.03. The maximum Gasteiger partial charge on any atom is 0.422 e. The van der Waals surface area contributed by atoms with Crippen LogP contribution in [0.3, 0.4) is 0 Å². The van der Waals surface area contributed by atoms with Crippen LogP contribution in [-0.4, -0.2) is 59.4 Å². The number of pyridine rings is 1. The molecule has 2 fully saturated rings. The zero-order valence-electron chi connectivity index (χ0n) is 16.2. The molecule has 160 valence electrons. The summed E-state index contributed by atoms with van der Waals surface area (Å²) < 4.78 is 46.7. The normalized spacial score (nSPS) is 19.7. The van der Waals surface area contributed by atoms with Gasteiger partial charge in [-0.2, -0.15) is 13.2 Å². The lowest BCUT2D eigenvalue weighted by molar-refractivity contribution is -0.154. The molecular weight excluding hydrogens is 403 g/mol. The highest BCUT2D eigenvalue weighted by atomic mass is 19.4. The zero-order valence-corrected chi connectivity index (χ0v) is 16.2. The number of anilines is 2. The number of halogens is 3. The van der Waals surface area contributed by atoms with Crippen molar-refractivity contribution in [3.8, 4) is 11.6 Å². The summed E-state index contributed by atoms with van der Waals surface area (Å²) in [6.07, 6.45) is -0.222. The van der Waals surface area contributed by atoms with Crippen molar-refractivity contribution < 1.29 is 27.4 Å². The first-order chi connectivity index (χ1) is 14.3. The van der Waals surface area contributed by atoms with Gasteiger partial charge in [0.2, 0.25) is 11.8 Å². The fraction of sp³-hybridized carbons (Fsp3) is 0.474. The lowest BCUT2D eigenvalue weighted by atomic mass is 10.0. The van der Waals surface area contributed by atoms with Gasteiger partial charge in [0.1, 0.15) is 5.75 Å². The van der Waals surface area contributed by atoms with E-state index in [1.807, 2.05) is 0 Å². The first-order valence-electron chi connectivity index (χ1n) is 9.49. The second-order valence-electron chi connectivity index (χ2n) is 7.37. The largest absolute Gasteiger partial charge is 0.479 e. The Kier molecular flexibility index (Phi) is 5.35. The summed E-state index contributed by atoms with van der Waals surface area (Å²) in [4.78, 5) is 28.8. The second kappa shape index (κ2) is 7.96. The number of hydrogen-bond acceptors (Lipinski definition) is 7. The first-order valence-corrected chi connectivity index (χ1v) is 9.49. The van der Waals surface area contributed by atoms with E-state index in [4.69, 9.17) is 4.74 Å². The Bertz CT molecular complexity index is 886. The smallest absolute Gasteiger partial charge is 0.422 e. The Hall–Kier alpha value is -3.11. The minimum atomic E-state index is -4.44. The van der Waals surface area contributed by atoms with E-state index in [1.54, 1.807) is 17.3 Å². The molecule has 0 saturated carbocycles. The highest BCUT2D eigenvalue weighted by Gasteiger charge is 2.35. The van der Waals surface area contributed by atoms with Crippen LogP contribution in [0.4, 0.5) is 24.8 Å². The van der Waals surface area contributed by atoms with Crippen molar-refractivity contribution in [2.24, 2.45) is 5.92 Å². The Morgan fingerprint density at radius 1 is 1.13 bits per heavy atom. The Labute approximate surface area is 170 Å². The van der Waals surface area contributed by atoms with Crippen LogP contribution in [-0.2, 0) is 4.79 Å². The van der Waals surface area contributed by atoms with Crippen molar-refractivity contribution in [3.63, 3.8) is 0 Å². The van der Waals surface area contributed by atoms with Gasteiger partial charge in [0.15, 0.2) is 12.7 Å². The first kappa shape index (κ1) is 20.2. The molecule has 0 N–H and O–H groups in total. The fourth-order valence-electron chi connectivity index (χ4n) is 3.34. The molecule has 4 heterocycles. The summed E-state index contributed by atoms with van der Waals surface area (Å²) in [7, 11) is 0. The molecule has 2 aliphatic heterocycles. The number of hydrogen-bond donors (Lipinski definition) is 0. The number of ether oxygens (including phenoxy) is 2. The second-order valence-corrected chi connectivity index (χ2v) is 7.37. The van der Waals surface area contributed by atoms with Crippen molar-refractivity contribution in [3.05, 3.63) is 30.7 Å². The number of alkyl halides is 3. The standard InChI is InChI=1S/C19H20F3N5O3/c1-12-9-26(10-12)18-24-6-13(7-25-18)27-5-4-15(17(27)28)30-14-2-3-16(23-8-14)29-11-19(20,21)22/h2-3,6-8,12,15H,4-5,9-11H2,1H3/t15-/m1/s1. The number of nitrogens with zero attached hydrogens (tertiary/aromatic N) is 5. The fourth-order valence-corrected chi connectivity index (χ4v) is 3.34. The van der Waals surface area contributed by atoms with E-state index >= 15 is 0 Å². The average molecular weight is 423 g/mol. The van der Waals surface area contributed by atoms with Crippen molar-refractivity contribution in [1.29, 1.82) is 0 Å². The number of aromatic nitrogens is 3. The van der Waals surface area contributed by atoms with Crippen LogP contribution >= 0.6 is 0 Å². The van der Waals surface area contributed by atoms with E-state index in [9.17, 15) is 18.0 Å². The molecule has 0 unspecified atom stereocenters. The lowest BCUT2D eigenvalue weighted by Crippen LogP contribution is -2.46. The van der Waals surface area contributed by atoms with E-state index in [1.165, 1.54) is 18.3 Å². The van der Waals surface area contributed by atoms with Crippen LogP contribution in [0.5, 0.6) is 11.6 Å². The van der Waals surface area contributed by atoms with Gasteiger partial charge in [0.25, 0.3) is 5.91 Å². The summed E-state index contributed by atoms with van der Waals surface area (Å²) in [6, 6.07) is 2.68. The number of carbonyl (C=O) groups excluding carboxylic acids is 1. The topological polar surface area (TPSA) is 80.7 Å². The molecule has 30 heavy (non-hydrogen) atoms. The number of amides is 1. The summed E-state index contributed by atoms with van der Waals surface area (Å²) in [5.74, 6) is 1.14. The van der Waals surface area contributed by atoms with E-state index in [0.29, 0.717) is 30.5 Å². The van der Waals surface area contributed by atoms with Gasteiger partial charge in [-0.3, -0.25) is 4.79 Å². The molecule has 4 rings (SSSR count). The molecular formula is C19H20F3N5O3. The van der Waals surface area contributed by atoms with Gasteiger partial charge in [-0.05, 0) is 12.0 Å². The van der Waals surface area contributed by atoms with Crippen LogP contribution in [0.15, 0.2) is 30.7 Å². The Morgan fingerprint density at radius 3 is 2.47 bits per heavy atom. The third-order valence-corrected chi connectivity index (χ3v) is 4.81. The van der Waals surface area contributed by atoms with Gasteiger partial charge in [0, 0.05) is 32.1 Å². The summed E-state index contributed by atoms with van der Waals surface area (Å²) in [5.41, 5.74) is 0.595. The van der Waals surface area contributed by atoms with Gasteiger partial charge in [0.05, 0.1) is 24.3 Å². The molecule has 2 aliphatic rings. The Morgan fingerprint density at radius 2 is 1.87 bits per heavy atom. The average Bonchev–Trinajstić information content (AvgIpc) is 3.05. The molecule has 11 heteroatoms. The predicted molar refractivity (Wildman–Crippen MR) is 101 cm³/mol. The van der Waals surface area contributed by atoms with E-state index in [0.717, 1.165) is 13.1 Å². The highest BCUT2D eigenvalue weighted by molar-refractivity contribution is 5.98.